The Hall–Kier alpha value is -2.67. The molecule has 5 aliphatic rings. The van der Waals surface area contributed by atoms with E-state index in [0.29, 0.717) is 17.5 Å². The summed E-state index contributed by atoms with van der Waals surface area (Å²) in [5, 5.41) is 11.0. The standard InChI is InChI=1S/C30H34N2O4/c1-31-15-12-29(13-16-31,20-6-4-3-5-7-20)28(34)35-24-11-8-19-18-22-21-9-10-23(33)27-30(21,14-17-32(22)2)25(19)26(24)36-27/h3-11,21-23,27,33H,12-18H2,1-2H3/t21-,22+,23-,27-,30-/m0/s1. The zero-order valence-electron chi connectivity index (χ0n) is 21.0. The first kappa shape index (κ1) is 22.5. The molecule has 2 bridgehead atoms. The van der Waals surface area contributed by atoms with Gasteiger partial charge in [0.05, 0.1) is 5.41 Å². The third kappa shape index (κ3) is 2.92. The third-order valence-electron chi connectivity index (χ3n) is 9.89. The summed E-state index contributed by atoms with van der Waals surface area (Å²) in [7, 11) is 4.30. The summed E-state index contributed by atoms with van der Waals surface area (Å²) >= 11 is 0. The lowest BCUT2D eigenvalue weighted by Gasteiger charge is -2.56. The maximum atomic E-state index is 14.0. The van der Waals surface area contributed by atoms with Gasteiger partial charge in [-0.1, -0.05) is 48.6 Å². The number of aliphatic hydroxyl groups is 1. The lowest BCUT2D eigenvalue weighted by atomic mass is 9.53. The second kappa shape index (κ2) is 7.91. The molecule has 0 amide bonds. The molecule has 2 aliphatic carbocycles. The number of likely N-dealkylation sites (N-methyl/N-ethyl adjacent to an activating group) is 1. The van der Waals surface area contributed by atoms with E-state index in [9.17, 15) is 9.90 Å². The number of benzene rings is 2. The van der Waals surface area contributed by atoms with Crippen LogP contribution in [0.4, 0.5) is 0 Å². The molecule has 7 rings (SSSR count). The predicted molar refractivity (Wildman–Crippen MR) is 136 cm³/mol. The molecule has 5 atom stereocenters. The number of carbonyl (C=O) groups excluding carboxylic acids is 1. The maximum absolute atomic E-state index is 14.0. The van der Waals surface area contributed by atoms with Crippen LogP contribution in [-0.4, -0.2) is 72.9 Å². The SMILES string of the molecule is CN1CCC(C(=O)Oc2ccc3c4c2O[C@H]2[C@@H](O)C=C[C@H]5[C@@H](C3)N(C)CC[C@@]452)(c2ccccc2)CC1. The quantitative estimate of drug-likeness (QED) is 0.409. The Bertz CT molecular complexity index is 1240. The normalized spacial score (nSPS) is 34.1. The van der Waals surface area contributed by atoms with Crippen molar-refractivity contribution in [1.29, 1.82) is 0 Å². The van der Waals surface area contributed by atoms with Crippen molar-refractivity contribution in [2.75, 3.05) is 33.7 Å². The molecule has 2 aromatic rings. The number of esters is 1. The highest BCUT2D eigenvalue weighted by Crippen LogP contribution is 2.62. The van der Waals surface area contributed by atoms with Gasteiger partial charge in [0.2, 0.25) is 0 Å². The van der Waals surface area contributed by atoms with E-state index < -0.39 is 11.5 Å². The molecule has 6 nitrogen and oxygen atoms in total. The Kier molecular flexibility index (Phi) is 4.95. The molecule has 2 saturated heterocycles. The lowest BCUT2D eigenvalue weighted by Crippen LogP contribution is -2.64. The highest BCUT2D eigenvalue weighted by molar-refractivity contribution is 5.86. The fourth-order valence-electron chi connectivity index (χ4n) is 7.87. The number of carbonyl (C=O) groups is 1. The van der Waals surface area contributed by atoms with Crippen molar-refractivity contribution in [3.05, 3.63) is 71.3 Å². The molecule has 1 N–H and O–H groups in total. The summed E-state index contributed by atoms with van der Waals surface area (Å²) < 4.78 is 12.9. The van der Waals surface area contributed by atoms with Crippen LogP contribution in [0.5, 0.6) is 11.5 Å². The van der Waals surface area contributed by atoms with Gasteiger partial charge in [-0.25, -0.2) is 0 Å². The fourth-order valence-corrected chi connectivity index (χ4v) is 7.87. The Morgan fingerprint density at radius 2 is 1.81 bits per heavy atom. The highest BCUT2D eigenvalue weighted by atomic mass is 16.6. The largest absolute Gasteiger partial charge is 0.482 e. The summed E-state index contributed by atoms with van der Waals surface area (Å²) in [6.07, 6.45) is 6.42. The van der Waals surface area contributed by atoms with Crippen LogP contribution >= 0.6 is 0 Å². The Labute approximate surface area is 212 Å². The average molecular weight is 487 g/mol. The van der Waals surface area contributed by atoms with Gasteiger partial charge in [0.25, 0.3) is 0 Å². The average Bonchev–Trinajstić information content (AvgIpc) is 3.25. The Balaban J connectivity index is 1.30. The van der Waals surface area contributed by atoms with Gasteiger partial charge in [0, 0.05) is 22.9 Å². The smallest absolute Gasteiger partial charge is 0.322 e. The van der Waals surface area contributed by atoms with E-state index in [1.807, 2.05) is 42.5 Å². The van der Waals surface area contributed by atoms with Crippen molar-refractivity contribution in [3.8, 4) is 11.5 Å². The number of nitrogens with zero attached hydrogens (tertiary/aromatic N) is 2. The van der Waals surface area contributed by atoms with Crippen molar-refractivity contribution in [2.24, 2.45) is 5.92 Å². The Morgan fingerprint density at radius 1 is 1.03 bits per heavy atom. The van der Waals surface area contributed by atoms with Crippen LogP contribution in [0.2, 0.25) is 0 Å². The van der Waals surface area contributed by atoms with Gasteiger partial charge in [0.1, 0.15) is 12.2 Å². The molecule has 2 aromatic carbocycles. The first-order valence-electron chi connectivity index (χ1n) is 13.3. The van der Waals surface area contributed by atoms with Gasteiger partial charge in [-0.15, -0.1) is 0 Å². The monoisotopic (exact) mass is 486 g/mol. The second-order valence-corrected chi connectivity index (χ2v) is 11.6. The van der Waals surface area contributed by atoms with Gasteiger partial charge in [-0.2, -0.15) is 0 Å². The molecular weight excluding hydrogens is 452 g/mol. The minimum atomic E-state index is -0.678. The number of piperidine rings is 2. The van der Waals surface area contributed by atoms with Crippen LogP contribution in [0.25, 0.3) is 0 Å². The van der Waals surface area contributed by atoms with Gasteiger partial charge >= 0.3 is 5.97 Å². The third-order valence-corrected chi connectivity index (χ3v) is 9.89. The number of rotatable bonds is 3. The molecule has 0 unspecified atom stereocenters. The summed E-state index contributed by atoms with van der Waals surface area (Å²) in [5.41, 5.74) is 2.51. The molecule has 6 heteroatoms. The molecule has 3 heterocycles. The van der Waals surface area contributed by atoms with Gasteiger partial charge < -0.3 is 24.4 Å². The van der Waals surface area contributed by atoms with Crippen molar-refractivity contribution in [3.63, 3.8) is 0 Å². The summed E-state index contributed by atoms with van der Waals surface area (Å²) in [5.74, 6) is 1.26. The Morgan fingerprint density at radius 3 is 2.58 bits per heavy atom. The number of ether oxygens (including phenoxy) is 2. The molecule has 2 fully saturated rings. The number of hydrogen-bond donors (Lipinski definition) is 1. The molecule has 1 spiro atoms. The summed E-state index contributed by atoms with van der Waals surface area (Å²) in [6.45, 7) is 2.66. The van der Waals surface area contributed by atoms with E-state index in [0.717, 1.165) is 50.9 Å². The van der Waals surface area contributed by atoms with Crippen LogP contribution in [0.15, 0.2) is 54.6 Å². The van der Waals surface area contributed by atoms with Crippen LogP contribution in [-0.2, 0) is 22.0 Å². The molecule has 0 radical (unpaired) electrons. The van der Waals surface area contributed by atoms with E-state index in [1.165, 1.54) is 11.1 Å². The lowest BCUT2D eigenvalue weighted by molar-refractivity contribution is -0.143. The van der Waals surface area contributed by atoms with Crippen molar-refractivity contribution >= 4 is 5.97 Å². The van der Waals surface area contributed by atoms with E-state index in [4.69, 9.17) is 9.47 Å². The molecule has 0 saturated carbocycles. The number of aliphatic hydroxyl groups excluding tert-OH is 1. The number of likely N-dealkylation sites (tertiary alicyclic amines) is 2. The molecule has 188 valence electrons. The van der Waals surface area contributed by atoms with E-state index in [-0.39, 0.29) is 23.4 Å². The second-order valence-electron chi connectivity index (χ2n) is 11.6. The topological polar surface area (TPSA) is 62.2 Å². The highest BCUT2D eigenvalue weighted by Gasteiger charge is 2.64. The molecule has 3 aliphatic heterocycles. The van der Waals surface area contributed by atoms with Crippen LogP contribution in [0, 0.1) is 5.92 Å². The zero-order chi connectivity index (χ0) is 24.7. The molecular formula is C30H34N2O4. The summed E-state index contributed by atoms with van der Waals surface area (Å²) in [4.78, 5) is 18.8. The van der Waals surface area contributed by atoms with Crippen molar-refractivity contribution in [2.45, 2.75) is 54.8 Å². The number of hydrogen-bond acceptors (Lipinski definition) is 6. The van der Waals surface area contributed by atoms with E-state index in [1.54, 1.807) is 0 Å². The fraction of sp³-hybridized carbons (Fsp3) is 0.500. The first-order valence-corrected chi connectivity index (χ1v) is 13.3. The molecule has 0 aromatic heterocycles. The van der Waals surface area contributed by atoms with Gasteiger partial charge in [-0.05, 0) is 76.6 Å². The maximum Gasteiger partial charge on any atom is 0.322 e. The van der Waals surface area contributed by atoms with Crippen LogP contribution in [0.1, 0.15) is 36.0 Å². The van der Waals surface area contributed by atoms with Crippen LogP contribution < -0.4 is 9.47 Å². The minimum absolute atomic E-state index is 0.207. The van der Waals surface area contributed by atoms with Gasteiger partial charge in [-0.3, -0.25) is 4.79 Å². The van der Waals surface area contributed by atoms with Crippen LogP contribution in [0.3, 0.4) is 0 Å². The van der Waals surface area contributed by atoms with Crippen molar-refractivity contribution in [1.82, 2.24) is 9.80 Å². The minimum Gasteiger partial charge on any atom is -0.482 e. The van der Waals surface area contributed by atoms with Crippen molar-refractivity contribution < 1.29 is 19.4 Å². The molecule has 36 heavy (non-hydrogen) atoms. The van der Waals surface area contributed by atoms with Gasteiger partial charge in [0.15, 0.2) is 11.5 Å². The summed E-state index contributed by atoms with van der Waals surface area (Å²) in [6, 6.07) is 14.5. The predicted octanol–water partition coefficient (Wildman–Crippen LogP) is 3.06. The van der Waals surface area contributed by atoms with E-state index in [2.05, 4.69) is 36.0 Å². The first-order chi connectivity index (χ1) is 17.4. The van der Waals surface area contributed by atoms with E-state index >= 15 is 0 Å². The zero-order valence-corrected chi connectivity index (χ0v) is 21.0.